The smallest absolute Gasteiger partial charge is 0.277 e. The lowest BCUT2D eigenvalue weighted by Crippen LogP contribution is -2.35. The number of benzene rings is 2. The van der Waals surface area contributed by atoms with E-state index in [0.717, 1.165) is 35.0 Å². The van der Waals surface area contributed by atoms with Gasteiger partial charge in [-0.3, -0.25) is 9.59 Å². The van der Waals surface area contributed by atoms with E-state index >= 15 is 0 Å². The number of hydrogen-bond acceptors (Lipinski definition) is 6. The first kappa shape index (κ1) is 23.1. The fourth-order valence-electron chi connectivity index (χ4n) is 5.47. The SMILES string of the molecule is COc1cccc2cc(C3CCN(c4cc(C(=O)N5CCc6cc(F)ccc65)ncn4)CC3)c(=O)[nH]c12. The number of methoxy groups -OCH3 is 1. The van der Waals surface area contributed by atoms with Gasteiger partial charge in [-0.05, 0) is 61.1 Å². The maximum absolute atomic E-state index is 13.6. The predicted octanol–water partition coefficient (Wildman–Crippen LogP) is 4.05. The number of aromatic nitrogens is 3. The number of rotatable bonds is 4. The van der Waals surface area contributed by atoms with Gasteiger partial charge in [0, 0.05) is 42.3 Å². The molecule has 1 amide bonds. The van der Waals surface area contributed by atoms with E-state index in [2.05, 4.69) is 19.9 Å². The molecule has 6 rings (SSSR count). The zero-order chi connectivity index (χ0) is 25.5. The number of aromatic amines is 1. The van der Waals surface area contributed by atoms with Crippen molar-refractivity contribution in [1.82, 2.24) is 15.0 Å². The van der Waals surface area contributed by atoms with Gasteiger partial charge >= 0.3 is 0 Å². The first-order valence-corrected chi connectivity index (χ1v) is 12.4. The number of ether oxygens (including phenoxy) is 1. The number of carbonyl (C=O) groups excluding carboxylic acids is 1. The average Bonchev–Trinajstić information content (AvgIpc) is 3.35. The van der Waals surface area contributed by atoms with Crippen LogP contribution in [0.25, 0.3) is 10.9 Å². The summed E-state index contributed by atoms with van der Waals surface area (Å²) < 4.78 is 19.0. The molecule has 2 aliphatic rings. The molecule has 2 aromatic carbocycles. The van der Waals surface area contributed by atoms with Crippen LogP contribution in [-0.2, 0) is 6.42 Å². The van der Waals surface area contributed by atoms with Crippen molar-refractivity contribution in [3.05, 3.63) is 87.9 Å². The summed E-state index contributed by atoms with van der Waals surface area (Å²) in [6.45, 7) is 1.90. The summed E-state index contributed by atoms with van der Waals surface area (Å²) in [6.07, 6.45) is 3.61. The Morgan fingerprint density at radius 3 is 2.73 bits per heavy atom. The number of nitrogens with one attached hydrogen (secondary N) is 1. The number of fused-ring (bicyclic) bond motifs is 2. The molecule has 37 heavy (non-hydrogen) atoms. The number of halogens is 1. The molecule has 1 fully saturated rings. The molecule has 9 heteroatoms. The summed E-state index contributed by atoms with van der Waals surface area (Å²) in [5.74, 6) is 0.940. The van der Waals surface area contributed by atoms with Gasteiger partial charge in [0.1, 0.15) is 29.4 Å². The lowest BCUT2D eigenvalue weighted by atomic mass is 9.89. The Kier molecular flexibility index (Phi) is 5.82. The van der Waals surface area contributed by atoms with Crippen LogP contribution in [0.4, 0.5) is 15.9 Å². The second-order valence-electron chi connectivity index (χ2n) is 9.48. The third kappa shape index (κ3) is 4.20. The molecule has 0 atom stereocenters. The van der Waals surface area contributed by atoms with E-state index in [0.29, 0.717) is 48.8 Å². The molecule has 0 radical (unpaired) electrons. The summed E-state index contributed by atoms with van der Waals surface area (Å²) in [4.78, 5) is 41.5. The number of piperidine rings is 1. The quantitative estimate of drug-likeness (QED) is 0.456. The maximum Gasteiger partial charge on any atom is 0.277 e. The van der Waals surface area contributed by atoms with Crippen LogP contribution >= 0.6 is 0 Å². The van der Waals surface area contributed by atoms with Crippen LogP contribution in [0.15, 0.2) is 59.7 Å². The molecule has 8 nitrogen and oxygen atoms in total. The van der Waals surface area contributed by atoms with E-state index in [1.807, 2.05) is 24.3 Å². The van der Waals surface area contributed by atoms with Gasteiger partial charge in [0.15, 0.2) is 0 Å². The highest BCUT2D eigenvalue weighted by Crippen LogP contribution is 2.32. The van der Waals surface area contributed by atoms with E-state index < -0.39 is 0 Å². The van der Waals surface area contributed by atoms with E-state index in [-0.39, 0.29) is 23.2 Å². The molecule has 188 valence electrons. The average molecular weight is 500 g/mol. The van der Waals surface area contributed by atoms with E-state index in [1.54, 1.807) is 24.1 Å². The fourth-order valence-corrected chi connectivity index (χ4v) is 5.47. The number of nitrogens with zero attached hydrogens (tertiary/aromatic N) is 4. The first-order chi connectivity index (χ1) is 18.0. The highest BCUT2D eigenvalue weighted by Gasteiger charge is 2.28. The molecule has 0 saturated carbocycles. The molecule has 1 N–H and O–H groups in total. The van der Waals surface area contributed by atoms with Crippen molar-refractivity contribution in [2.75, 3.05) is 36.5 Å². The van der Waals surface area contributed by atoms with Gasteiger partial charge in [0.25, 0.3) is 11.5 Å². The van der Waals surface area contributed by atoms with Gasteiger partial charge in [0.05, 0.1) is 12.6 Å². The second-order valence-corrected chi connectivity index (χ2v) is 9.48. The maximum atomic E-state index is 13.6. The Hall–Kier alpha value is -4.27. The van der Waals surface area contributed by atoms with Crippen LogP contribution in [0, 0.1) is 5.82 Å². The number of hydrogen-bond donors (Lipinski definition) is 1. The van der Waals surface area contributed by atoms with Crippen molar-refractivity contribution in [3.8, 4) is 5.75 Å². The number of H-pyrrole nitrogens is 1. The third-order valence-corrected chi connectivity index (χ3v) is 7.40. The monoisotopic (exact) mass is 499 g/mol. The fraction of sp³-hybridized carbons (Fsp3) is 0.286. The van der Waals surface area contributed by atoms with Crippen molar-refractivity contribution in [2.45, 2.75) is 25.2 Å². The summed E-state index contributed by atoms with van der Waals surface area (Å²) in [7, 11) is 1.59. The Balaban J connectivity index is 1.18. The topological polar surface area (TPSA) is 91.4 Å². The van der Waals surface area contributed by atoms with E-state index in [9.17, 15) is 14.0 Å². The minimum absolute atomic E-state index is 0.0869. The van der Waals surface area contributed by atoms with Crippen LogP contribution in [0.2, 0.25) is 0 Å². The summed E-state index contributed by atoms with van der Waals surface area (Å²) in [6, 6.07) is 13.9. The van der Waals surface area contributed by atoms with E-state index in [4.69, 9.17) is 4.74 Å². The molecule has 2 aromatic heterocycles. The molecule has 4 aromatic rings. The van der Waals surface area contributed by atoms with Crippen molar-refractivity contribution in [3.63, 3.8) is 0 Å². The van der Waals surface area contributed by atoms with Gasteiger partial charge in [-0.1, -0.05) is 12.1 Å². The van der Waals surface area contributed by atoms with E-state index in [1.165, 1.54) is 18.5 Å². The van der Waals surface area contributed by atoms with Crippen LogP contribution in [0.5, 0.6) is 5.75 Å². The lowest BCUT2D eigenvalue weighted by Gasteiger charge is -2.32. The minimum Gasteiger partial charge on any atom is -0.495 e. The number of carbonyl (C=O) groups is 1. The Labute approximate surface area is 212 Å². The van der Waals surface area contributed by atoms with Crippen molar-refractivity contribution < 1.29 is 13.9 Å². The summed E-state index contributed by atoms with van der Waals surface area (Å²) in [5, 5.41) is 0.946. The highest BCUT2D eigenvalue weighted by molar-refractivity contribution is 6.06. The number of para-hydroxylation sites is 1. The molecule has 0 spiro atoms. The summed E-state index contributed by atoms with van der Waals surface area (Å²) in [5.41, 5.74) is 3.26. The molecule has 0 bridgehead atoms. The van der Waals surface area contributed by atoms with Gasteiger partial charge in [-0.25, -0.2) is 14.4 Å². The molecular weight excluding hydrogens is 473 g/mol. The lowest BCUT2D eigenvalue weighted by molar-refractivity contribution is 0.0984. The van der Waals surface area contributed by atoms with Gasteiger partial charge in [0.2, 0.25) is 0 Å². The Bertz CT molecular complexity index is 1560. The molecular formula is C28H26FN5O3. The molecule has 1 saturated heterocycles. The number of anilines is 2. The first-order valence-electron chi connectivity index (χ1n) is 12.4. The highest BCUT2D eigenvalue weighted by atomic mass is 19.1. The zero-order valence-electron chi connectivity index (χ0n) is 20.4. The van der Waals surface area contributed by atoms with Crippen molar-refractivity contribution >= 4 is 28.3 Å². The Morgan fingerprint density at radius 2 is 1.92 bits per heavy atom. The van der Waals surface area contributed by atoms with Crippen molar-refractivity contribution in [2.24, 2.45) is 0 Å². The molecule has 0 unspecified atom stereocenters. The van der Waals surface area contributed by atoms with Crippen LogP contribution in [-0.4, -0.2) is 47.6 Å². The van der Waals surface area contributed by atoms with Gasteiger partial charge in [-0.15, -0.1) is 0 Å². The van der Waals surface area contributed by atoms with Crippen LogP contribution in [0.3, 0.4) is 0 Å². The van der Waals surface area contributed by atoms with Crippen LogP contribution in [0.1, 0.15) is 40.4 Å². The normalized spacial score (nSPS) is 15.7. The van der Waals surface area contributed by atoms with Crippen molar-refractivity contribution in [1.29, 1.82) is 0 Å². The summed E-state index contributed by atoms with van der Waals surface area (Å²) >= 11 is 0. The second kappa shape index (κ2) is 9.31. The largest absolute Gasteiger partial charge is 0.495 e. The minimum atomic E-state index is -0.300. The number of amides is 1. The number of pyridine rings is 1. The molecule has 4 heterocycles. The standard InChI is InChI=1S/C28H26FN5O3/c1-37-24-4-2-3-19-14-21(27(35)32-26(19)24)17-7-10-33(11-8-17)25-15-22(30-16-31-25)28(36)34-12-9-18-13-20(29)5-6-23(18)34/h2-6,13-17H,7-12H2,1H3,(H,32,35). The van der Waals surface area contributed by atoms with Gasteiger partial charge in [-0.2, -0.15) is 0 Å². The molecule has 0 aliphatic carbocycles. The zero-order valence-corrected chi connectivity index (χ0v) is 20.4. The van der Waals surface area contributed by atoms with Crippen LogP contribution < -0.4 is 20.1 Å². The third-order valence-electron chi connectivity index (χ3n) is 7.40. The Morgan fingerprint density at radius 1 is 1.08 bits per heavy atom. The predicted molar refractivity (Wildman–Crippen MR) is 139 cm³/mol. The van der Waals surface area contributed by atoms with Gasteiger partial charge < -0.3 is 19.5 Å². The molecule has 2 aliphatic heterocycles.